The Labute approximate surface area is 123 Å². The van der Waals surface area contributed by atoms with E-state index in [1.807, 2.05) is 13.8 Å². The number of halogens is 2. The van der Waals surface area contributed by atoms with Crippen molar-refractivity contribution in [2.45, 2.75) is 45.9 Å². The molecule has 0 aliphatic rings. The van der Waals surface area contributed by atoms with E-state index in [1.165, 1.54) is 11.0 Å². The van der Waals surface area contributed by atoms with Crippen molar-refractivity contribution >= 4 is 5.91 Å². The molecular formula is C15H21F2NO3. The van der Waals surface area contributed by atoms with Gasteiger partial charge in [0, 0.05) is 18.2 Å². The number of carbonyl (C=O) groups excluding carboxylic acids is 1. The second-order valence-electron chi connectivity index (χ2n) is 5.15. The Hall–Kier alpha value is -1.69. The molecule has 0 heterocycles. The number of rotatable bonds is 7. The van der Waals surface area contributed by atoms with Crippen molar-refractivity contribution in [2.24, 2.45) is 0 Å². The van der Waals surface area contributed by atoms with Gasteiger partial charge in [-0.05, 0) is 26.8 Å². The minimum absolute atomic E-state index is 0.00148. The molecule has 0 bridgehead atoms. The van der Waals surface area contributed by atoms with Crippen LogP contribution >= 0.6 is 0 Å². The molecule has 0 aliphatic heterocycles. The van der Waals surface area contributed by atoms with Gasteiger partial charge in [-0.2, -0.15) is 8.78 Å². The Morgan fingerprint density at radius 1 is 1.29 bits per heavy atom. The van der Waals surface area contributed by atoms with E-state index in [9.17, 15) is 18.7 Å². The lowest BCUT2D eigenvalue weighted by Gasteiger charge is -2.28. The van der Waals surface area contributed by atoms with E-state index in [0.29, 0.717) is 5.56 Å². The van der Waals surface area contributed by atoms with E-state index in [2.05, 4.69) is 4.74 Å². The molecule has 1 atom stereocenters. The predicted molar refractivity (Wildman–Crippen MR) is 75.3 cm³/mol. The largest absolute Gasteiger partial charge is 0.435 e. The summed E-state index contributed by atoms with van der Waals surface area (Å²) in [5.41, 5.74) is 0.402. The molecule has 21 heavy (non-hydrogen) atoms. The molecule has 1 amide bonds. The number of amides is 1. The number of ether oxygens (including phenoxy) is 1. The first-order valence-electron chi connectivity index (χ1n) is 6.81. The molecule has 0 fully saturated rings. The van der Waals surface area contributed by atoms with Crippen LogP contribution < -0.4 is 4.74 Å². The lowest BCUT2D eigenvalue weighted by Crippen LogP contribution is -2.42. The van der Waals surface area contributed by atoms with Crippen LogP contribution in [0.3, 0.4) is 0 Å². The van der Waals surface area contributed by atoms with Crippen LogP contribution in [0.1, 0.15) is 26.3 Å². The van der Waals surface area contributed by atoms with Crippen LogP contribution in [0.15, 0.2) is 24.3 Å². The second-order valence-corrected chi connectivity index (χ2v) is 5.15. The van der Waals surface area contributed by atoms with Crippen molar-refractivity contribution in [1.29, 1.82) is 0 Å². The fraction of sp³-hybridized carbons (Fsp3) is 0.533. The van der Waals surface area contributed by atoms with Crippen molar-refractivity contribution in [2.75, 3.05) is 6.54 Å². The highest BCUT2D eigenvalue weighted by Gasteiger charge is 2.20. The van der Waals surface area contributed by atoms with Crippen molar-refractivity contribution in [3.8, 4) is 5.75 Å². The van der Waals surface area contributed by atoms with Crippen LogP contribution in [0, 0.1) is 0 Å². The fourth-order valence-electron chi connectivity index (χ4n) is 2.01. The maximum absolute atomic E-state index is 12.3. The number of aliphatic hydroxyl groups excluding tert-OH is 1. The van der Waals surface area contributed by atoms with Gasteiger partial charge in [-0.1, -0.05) is 18.2 Å². The third-order valence-electron chi connectivity index (χ3n) is 2.93. The van der Waals surface area contributed by atoms with Crippen LogP contribution in [-0.4, -0.2) is 41.2 Å². The first-order valence-corrected chi connectivity index (χ1v) is 6.81. The van der Waals surface area contributed by atoms with Gasteiger partial charge < -0.3 is 14.7 Å². The standard InChI is InChI=1S/C15H21F2NO3/c1-10(2)18(9-11(3)19)14(20)8-12-6-4-5-7-13(12)21-15(16)17/h4-7,10-11,15,19H,8-9H2,1-3H3. The molecule has 0 saturated heterocycles. The van der Waals surface area contributed by atoms with Crippen molar-refractivity contribution in [1.82, 2.24) is 4.90 Å². The first kappa shape index (κ1) is 17.4. The lowest BCUT2D eigenvalue weighted by atomic mass is 10.1. The first-order chi connectivity index (χ1) is 9.81. The summed E-state index contributed by atoms with van der Waals surface area (Å²) in [6.07, 6.45) is -0.697. The number of alkyl halides is 2. The van der Waals surface area contributed by atoms with Gasteiger partial charge in [0.2, 0.25) is 5.91 Å². The van der Waals surface area contributed by atoms with Gasteiger partial charge >= 0.3 is 6.61 Å². The summed E-state index contributed by atoms with van der Waals surface area (Å²) < 4.78 is 29.1. The van der Waals surface area contributed by atoms with Crippen LogP contribution in [0.4, 0.5) is 8.78 Å². The molecule has 6 heteroatoms. The summed E-state index contributed by atoms with van der Waals surface area (Å²) in [5.74, 6) is -0.238. The molecule has 0 aromatic heterocycles. The van der Waals surface area contributed by atoms with E-state index < -0.39 is 12.7 Å². The summed E-state index contributed by atoms with van der Waals surface area (Å²) in [6, 6.07) is 6.13. The van der Waals surface area contributed by atoms with E-state index in [-0.39, 0.29) is 30.7 Å². The Morgan fingerprint density at radius 2 is 1.90 bits per heavy atom. The minimum atomic E-state index is -2.93. The van der Waals surface area contributed by atoms with Gasteiger partial charge in [-0.25, -0.2) is 0 Å². The van der Waals surface area contributed by atoms with E-state index in [1.54, 1.807) is 25.1 Å². The Bertz CT molecular complexity index is 464. The molecular weight excluding hydrogens is 280 g/mol. The van der Waals surface area contributed by atoms with Crippen molar-refractivity contribution in [3.63, 3.8) is 0 Å². The fourth-order valence-corrected chi connectivity index (χ4v) is 2.01. The van der Waals surface area contributed by atoms with Crippen LogP contribution in [0.5, 0.6) is 5.75 Å². The van der Waals surface area contributed by atoms with Gasteiger partial charge in [0.1, 0.15) is 5.75 Å². The molecule has 1 aromatic carbocycles. The number of hydrogen-bond donors (Lipinski definition) is 1. The third-order valence-corrected chi connectivity index (χ3v) is 2.93. The van der Waals surface area contributed by atoms with Gasteiger partial charge in [-0.3, -0.25) is 4.79 Å². The van der Waals surface area contributed by atoms with E-state index in [0.717, 1.165) is 0 Å². The number of benzene rings is 1. The van der Waals surface area contributed by atoms with Crippen molar-refractivity contribution in [3.05, 3.63) is 29.8 Å². The molecule has 0 aliphatic carbocycles. The van der Waals surface area contributed by atoms with Gasteiger partial charge in [-0.15, -0.1) is 0 Å². The Balaban J connectivity index is 2.86. The molecule has 1 unspecified atom stereocenters. The molecule has 0 saturated carbocycles. The molecule has 118 valence electrons. The molecule has 1 rings (SSSR count). The number of nitrogens with zero attached hydrogens (tertiary/aromatic N) is 1. The number of hydrogen-bond acceptors (Lipinski definition) is 3. The summed E-state index contributed by atoms with van der Waals surface area (Å²) >= 11 is 0. The average Bonchev–Trinajstić information content (AvgIpc) is 2.37. The molecule has 1 N–H and O–H groups in total. The van der Waals surface area contributed by atoms with E-state index >= 15 is 0 Å². The molecule has 0 spiro atoms. The minimum Gasteiger partial charge on any atom is -0.435 e. The SMILES string of the molecule is CC(O)CN(C(=O)Cc1ccccc1OC(F)F)C(C)C. The zero-order valence-electron chi connectivity index (χ0n) is 12.4. The Kier molecular flexibility index (Phi) is 6.55. The normalized spacial score (nSPS) is 12.6. The number of aliphatic hydroxyl groups is 1. The number of carbonyl (C=O) groups is 1. The average molecular weight is 301 g/mol. The summed E-state index contributed by atoms with van der Waals surface area (Å²) in [7, 11) is 0. The summed E-state index contributed by atoms with van der Waals surface area (Å²) in [6.45, 7) is 2.54. The van der Waals surface area contributed by atoms with Crippen LogP contribution in [0.25, 0.3) is 0 Å². The maximum atomic E-state index is 12.3. The smallest absolute Gasteiger partial charge is 0.387 e. The topological polar surface area (TPSA) is 49.8 Å². The monoisotopic (exact) mass is 301 g/mol. The zero-order valence-corrected chi connectivity index (χ0v) is 12.4. The molecule has 4 nitrogen and oxygen atoms in total. The lowest BCUT2D eigenvalue weighted by molar-refractivity contribution is -0.133. The van der Waals surface area contributed by atoms with Crippen LogP contribution in [-0.2, 0) is 11.2 Å². The molecule has 0 radical (unpaired) electrons. The van der Waals surface area contributed by atoms with Gasteiger partial charge in [0.25, 0.3) is 0 Å². The molecule has 1 aromatic rings. The number of para-hydroxylation sites is 1. The van der Waals surface area contributed by atoms with Crippen LogP contribution in [0.2, 0.25) is 0 Å². The van der Waals surface area contributed by atoms with Crippen molar-refractivity contribution < 1.29 is 23.4 Å². The Morgan fingerprint density at radius 3 is 2.43 bits per heavy atom. The second kappa shape index (κ2) is 7.93. The highest BCUT2D eigenvalue weighted by Crippen LogP contribution is 2.21. The maximum Gasteiger partial charge on any atom is 0.387 e. The highest BCUT2D eigenvalue weighted by molar-refractivity contribution is 5.79. The quantitative estimate of drug-likeness (QED) is 0.841. The predicted octanol–water partition coefficient (Wildman–Crippen LogP) is 2.45. The zero-order chi connectivity index (χ0) is 16.0. The van der Waals surface area contributed by atoms with Gasteiger partial charge in [0.05, 0.1) is 12.5 Å². The highest BCUT2D eigenvalue weighted by atomic mass is 19.3. The van der Waals surface area contributed by atoms with E-state index in [4.69, 9.17) is 0 Å². The van der Waals surface area contributed by atoms with Gasteiger partial charge in [0.15, 0.2) is 0 Å². The third kappa shape index (κ3) is 5.67. The summed E-state index contributed by atoms with van der Waals surface area (Å²) in [4.78, 5) is 13.8. The summed E-state index contributed by atoms with van der Waals surface area (Å²) in [5, 5.41) is 9.44.